The van der Waals surface area contributed by atoms with Crippen LogP contribution in [0.5, 0.6) is 0 Å². The Morgan fingerprint density at radius 1 is 1.25 bits per heavy atom. The molecule has 1 heterocycles. The van der Waals surface area contributed by atoms with E-state index >= 15 is 0 Å². The van der Waals surface area contributed by atoms with E-state index in [0.29, 0.717) is 11.2 Å². The summed E-state index contributed by atoms with van der Waals surface area (Å²) in [5, 5.41) is 5.62. The van der Waals surface area contributed by atoms with Crippen LogP contribution >= 0.6 is 0 Å². The summed E-state index contributed by atoms with van der Waals surface area (Å²) >= 11 is 0. The van der Waals surface area contributed by atoms with E-state index in [2.05, 4.69) is 15.6 Å². The van der Waals surface area contributed by atoms with Crippen LogP contribution in [-0.4, -0.2) is 36.1 Å². The lowest BCUT2D eigenvalue weighted by molar-refractivity contribution is -0.141. The molecule has 28 heavy (non-hydrogen) atoms. The van der Waals surface area contributed by atoms with Crippen molar-refractivity contribution in [3.05, 3.63) is 39.9 Å². The summed E-state index contributed by atoms with van der Waals surface area (Å²) < 4.78 is 19.3. The highest BCUT2D eigenvalue weighted by Crippen LogP contribution is 2.25. The monoisotopic (exact) mass is 389 g/mol. The molecule has 7 nitrogen and oxygen atoms in total. The summed E-state index contributed by atoms with van der Waals surface area (Å²) in [4.78, 5) is 39.0. The average Bonchev–Trinajstić information content (AvgIpc) is 2.69. The predicted octanol–water partition coefficient (Wildman–Crippen LogP) is 2.70. The number of H-pyrrole nitrogens is 1. The Balaban J connectivity index is 1.81. The van der Waals surface area contributed by atoms with Crippen LogP contribution in [0.4, 0.5) is 10.1 Å². The number of pyridine rings is 1. The van der Waals surface area contributed by atoms with Crippen molar-refractivity contribution in [2.24, 2.45) is 0 Å². The van der Waals surface area contributed by atoms with E-state index < -0.39 is 23.1 Å². The van der Waals surface area contributed by atoms with Crippen LogP contribution in [0.25, 0.3) is 10.9 Å². The molecule has 1 amide bonds. The number of nitrogens with one attached hydrogen (secondary N) is 3. The highest BCUT2D eigenvalue weighted by Gasteiger charge is 2.18. The standard InChI is InChI=1S/C20H24FN3O4/c1-2-28-18(25)11-23-20(27)14-10-22-16-9-17(15(21)8-13(16)19(14)26)24-12-6-4-3-5-7-12/h8-10,12,24H,2-7,11H2,1H3,(H,22,26)(H,23,27). The van der Waals surface area contributed by atoms with Gasteiger partial charge in [0.15, 0.2) is 0 Å². The molecule has 1 aliphatic rings. The number of hydrogen-bond donors (Lipinski definition) is 3. The summed E-state index contributed by atoms with van der Waals surface area (Å²) in [6.07, 6.45) is 6.70. The van der Waals surface area contributed by atoms with Gasteiger partial charge < -0.3 is 20.4 Å². The zero-order valence-corrected chi connectivity index (χ0v) is 15.8. The van der Waals surface area contributed by atoms with Gasteiger partial charge in [-0.3, -0.25) is 14.4 Å². The van der Waals surface area contributed by atoms with Gasteiger partial charge in [0.05, 0.1) is 17.8 Å². The van der Waals surface area contributed by atoms with Crippen molar-refractivity contribution in [2.45, 2.75) is 45.1 Å². The van der Waals surface area contributed by atoms with Crippen molar-refractivity contribution >= 4 is 28.5 Å². The SMILES string of the molecule is CCOC(=O)CNC(=O)c1c[nH]c2cc(NC3CCCCC3)c(F)cc2c1=O. The van der Waals surface area contributed by atoms with Gasteiger partial charge >= 0.3 is 5.97 Å². The second kappa shape index (κ2) is 8.86. The second-order valence-corrected chi connectivity index (χ2v) is 6.88. The van der Waals surface area contributed by atoms with Crippen molar-refractivity contribution in [3.63, 3.8) is 0 Å². The molecule has 1 aromatic carbocycles. The zero-order chi connectivity index (χ0) is 20.1. The normalized spacial score (nSPS) is 14.6. The summed E-state index contributed by atoms with van der Waals surface area (Å²) in [7, 11) is 0. The number of hydrogen-bond acceptors (Lipinski definition) is 5. The Labute approximate surface area is 161 Å². The molecule has 0 radical (unpaired) electrons. The van der Waals surface area contributed by atoms with Crippen LogP contribution < -0.4 is 16.1 Å². The van der Waals surface area contributed by atoms with Gasteiger partial charge in [-0.05, 0) is 31.9 Å². The van der Waals surface area contributed by atoms with Crippen molar-refractivity contribution in [1.29, 1.82) is 0 Å². The first kappa shape index (κ1) is 19.9. The third kappa shape index (κ3) is 4.49. The molecule has 1 aromatic heterocycles. The molecule has 0 atom stereocenters. The molecular weight excluding hydrogens is 365 g/mol. The van der Waals surface area contributed by atoms with E-state index in [-0.39, 0.29) is 30.1 Å². The van der Waals surface area contributed by atoms with E-state index in [4.69, 9.17) is 4.74 Å². The van der Waals surface area contributed by atoms with Crippen LogP contribution in [0.1, 0.15) is 49.4 Å². The number of ether oxygens (including phenoxy) is 1. The Kier molecular flexibility index (Phi) is 6.28. The maximum atomic E-state index is 14.5. The number of fused-ring (bicyclic) bond motifs is 1. The minimum absolute atomic E-state index is 0.0791. The third-order valence-corrected chi connectivity index (χ3v) is 4.88. The molecule has 0 saturated heterocycles. The molecule has 0 aliphatic heterocycles. The number of anilines is 1. The molecule has 0 spiro atoms. The van der Waals surface area contributed by atoms with Crippen LogP contribution in [0.3, 0.4) is 0 Å². The van der Waals surface area contributed by atoms with E-state index in [1.54, 1.807) is 13.0 Å². The summed E-state index contributed by atoms with van der Waals surface area (Å²) in [6.45, 7) is 1.50. The third-order valence-electron chi connectivity index (χ3n) is 4.88. The minimum Gasteiger partial charge on any atom is -0.465 e. The molecular formula is C20H24FN3O4. The maximum absolute atomic E-state index is 14.5. The van der Waals surface area contributed by atoms with Crippen molar-refractivity contribution in [2.75, 3.05) is 18.5 Å². The number of aromatic amines is 1. The van der Waals surface area contributed by atoms with Gasteiger partial charge in [0, 0.05) is 17.6 Å². The average molecular weight is 389 g/mol. The molecule has 150 valence electrons. The fourth-order valence-electron chi connectivity index (χ4n) is 3.45. The minimum atomic E-state index is -0.721. The summed E-state index contributed by atoms with van der Waals surface area (Å²) in [5.74, 6) is -1.86. The van der Waals surface area contributed by atoms with Gasteiger partial charge in [-0.1, -0.05) is 19.3 Å². The first-order valence-corrected chi connectivity index (χ1v) is 9.55. The smallest absolute Gasteiger partial charge is 0.325 e. The quantitative estimate of drug-likeness (QED) is 0.660. The van der Waals surface area contributed by atoms with Gasteiger partial charge in [-0.2, -0.15) is 0 Å². The van der Waals surface area contributed by atoms with Crippen molar-refractivity contribution in [1.82, 2.24) is 10.3 Å². The van der Waals surface area contributed by atoms with Crippen molar-refractivity contribution < 1.29 is 18.7 Å². The highest BCUT2D eigenvalue weighted by molar-refractivity contribution is 5.98. The fraction of sp³-hybridized carbons (Fsp3) is 0.450. The number of esters is 1. The van der Waals surface area contributed by atoms with Gasteiger partial charge in [0.25, 0.3) is 5.91 Å². The molecule has 1 fully saturated rings. The topological polar surface area (TPSA) is 100 Å². The first-order valence-electron chi connectivity index (χ1n) is 9.55. The summed E-state index contributed by atoms with van der Waals surface area (Å²) in [6, 6.07) is 2.92. The van der Waals surface area contributed by atoms with Crippen LogP contribution in [0, 0.1) is 5.82 Å². The molecule has 1 aliphatic carbocycles. The maximum Gasteiger partial charge on any atom is 0.325 e. The van der Waals surface area contributed by atoms with Crippen LogP contribution in [0.2, 0.25) is 0 Å². The molecule has 0 unspecified atom stereocenters. The second-order valence-electron chi connectivity index (χ2n) is 6.88. The lowest BCUT2D eigenvalue weighted by Crippen LogP contribution is -2.33. The van der Waals surface area contributed by atoms with Gasteiger partial charge in [0.2, 0.25) is 5.43 Å². The molecule has 8 heteroatoms. The summed E-state index contributed by atoms with van der Waals surface area (Å²) in [5.41, 5.74) is -0.0105. The van der Waals surface area contributed by atoms with Gasteiger partial charge in [0.1, 0.15) is 17.9 Å². The molecule has 0 bridgehead atoms. The van der Waals surface area contributed by atoms with Crippen molar-refractivity contribution in [3.8, 4) is 0 Å². The zero-order valence-electron chi connectivity index (χ0n) is 15.8. The fourth-order valence-corrected chi connectivity index (χ4v) is 3.45. The Morgan fingerprint density at radius 3 is 2.71 bits per heavy atom. The Morgan fingerprint density at radius 2 is 2.00 bits per heavy atom. The van der Waals surface area contributed by atoms with Gasteiger partial charge in [-0.15, -0.1) is 0 Å². The Bertz CT molecular complexity index is 935. The van der Waals surface area contributed by atoms with Gasteiger partial charge in [-0.25, -0.2) is 4.39 Å². The highest BCUT2D eigenvalue weighted by atomic mass is 19.1. The molecule has 3 N–H and O–H groups in total. The molecule has 3 rings (SSSR count). The van der Waals surface area contributed by atoms with Crippen LogP contribution in [0.15, 0.2) is 23.1 Å². The van der Waals surface area contributed by atoms with Crippen LogP contribution in [-0.2, 0) is 9.53 Å². The lowest BCUT2D eigenvalue weighted by Gasteiger charge is -2.24. The first-order chi connectivity index (χ1) is 13.5. The van der Waals surface area contributed by atoms with E-state index in [1.165, 1.54) is 12.6 Å². The molecule has 2 aromatic rings. The Hall–Kier alpha value is -2.90. The number of amides is 1. The van der Waals surface area contributed by atoms with E-state index in [1.807, 2.05) is 0 Å². The number of aromatic nitrogens is 1. The number of carbonyl (C=O) groups excluding carboxylic acids is 2. The number of carbonyl (C=O) groups is 2. The molecule has 1 saturated carbocycles. The van der Waals surface area contributed by atoms with E-state index in [0.717, 1.165) is 31.7 Å². The largest absolute Gasteiger partial charge is 0.465 e. The lowest BCUT2D eigenvalue weighted by atomic mass is 9.95. The number of benzene rings is 1. The number of halogens is 1. The number of rotatable bonds is 6. The van der Waals surface area contributed by atoms with E-state index in [9.17, 15) is 18.8 Å². The predicted molar refractivity (Wildman–Crippen MR) is 104 cm³/mol.